The number of hydrogen-bond acceptors (Lipinski definition) is 4. The van der Waals surface area contributed by atoms with Crippen molar-refractivity contribution in [1.82, 2.24) is 10.2 Å². The molecule has 0 saturated carbocycles. The van der Waals surface area contributed by atoms with Crippen molar-refractivity contribution in [2.75, 3.05) is 7.11 Å². The summed E-state index contributed by atoms with van der Waals surface area (Å²) in [6.45, 7) is 0.748. The first-order valence-corrected chi connectivity index (χ1v) is 11.5. The van der Waals surface area contributed by atoms with Gasteiger partial charge in [-0.2, -0.15) is 0 Å². The van der Waals surface area contributed by atoms with Crippen LogP contribution in [0.4, 0.5) is 0 Å². The van der Waals surface area contributed by atoms with E-state index in [-0.39, 0.29) is 27.8 Å². The van der Waals surface area contributed by atoms with Gasteiger partial charge in [-0.05, 0) is 23.3 Å². The predicted octanol–water partition coefficient (Wildman–Crippen LogP) is 2.85. The monoisotopic (exact) mass is 530 g/mol. The highest BCUT2D eigenvalue weighted by atomic mass is 127. The number of nitrogens with zero attached hydrogens (tertiary/aromatic N) is 1. The first-order chi connectivity index (χ1) is 15.0. The Morgan fingerprint density at radius 3 is 2.61 bits per heavy atom. The first-order valence-electron chi connectivity index (χ1n) is 10.3. The van der Waals surface area contributed by atoms with Crippen LogP contribution in [0.2, 0.25) is 0 Å². The molecule has 2 amide bonds. The topological polar surface area (TPSA) is 67.9 Å². The van der Waals surface area contributed by atoms with Crippen LogP contribution in [0.15, 0.2) is 66.7 Å². The third-order valence-electron chi connectivity index (χ3n) is 6.36. The lowest BCUT2D eigenvalue weighted by Crippen LogP contribution is -2.54. The summed E-state index contributed by atoms with van der Waals surface area (Å²) in [5, 5.41) is 3.03. The number of halogens is 1. The zero-order valence-corrected chi connectivity index (χ0v) is 19.2. The van der Waals surface area contributed by atoms with Crippen LogP contribution in [0.3, 0.4) is 0 Å². The number of fused-ring (bicyclic) bond motifs is 1. The van der Waals surface area contributed by atoms with Crippen molar-refractivity contribution >= 4 is 34.4 Å². The number of likely N-dealkylation sites (tertiary alicyclic amines) is 1. The number of amides is 2. The molecule has 7 heteroatoms. The van der Waals surface area contributed by atoms with Gasteiger partial charge in [0.15, 0.2) is 0 Å². The molecule has 0 aromatic heterocycles. The van der Waals surface area contributed by atoms with Gasteiger partial charge in [-0.3, -0.25) is 9.59 Å². The minimum absolute atomic E-state index is 0.0143. The van der Waals surface area contributed by atoms with Gasteiger partial charge in [0.1, 0.15) is 17.4 Å². The average Bonchev–Trinajstić information content (AvgIpc) is 3.42. The molecule has 1 spiro atoms. The minimum Gasteiger partial charge on any atom is -0.497 e. The molecular weight excluding hydrogens is 507 g/mol. The second-order valence-corrected chi connectivity index (χ2v) is 9.58. The van der Waals surface area contributed by atoms with Crippen LogP contribution in [0, 0.1) is 5.92 Å². The van der Waals surface area contributed by atoms with Crippen LogP contribution in [0.5, 0.6) is 5.75 Å². The van der Waals surface area contributed by atoms with E-state index < -0.39 is 11.6 Å². The van der Waals surface area contributed by atoms with Gasteiger partial charge < -0.3 is 19.7 Å². The number of alkyl halides is 1. The molecule has 1 N–H and O–H groups in total. The Morgan fingerprint density at radius 2 is 1.90 bits per heavy atom. The molecule has 2 bridgehead atoms. The maximum atomic E-state index is 13.5. The summed E-state index contributed by atoms with van der Waals surface area (Å²) < 4.78 is 11.5. The van der Waals surface area contributed by atoms with E-state index >= 15 is 0 Å². The number of nitrogens with one attached hydrogen (secondary N) is 1. The van der Waals surface area contributed by atoms with Crippen LogP contribution in [-0.2, 0) is 27.4 Å². The number of methoxy groups -OCH3 is 1. The Kier molecular flexibility index (Phi) is 5.26. The largest absolute Gasteiger partial charge is 0.497 e. The van der Waals surface area contributed by atoms with Gasteiger partial charge in [0.25, 0.3) is 0 Å². The molecule has 0 aliphatic carbocycles. The van der Waals surface area contributed by atoms with Crippen molar-refractivity contribution in [2.24, 2.45) is 5.92 Å². The Labute approximate surface area is 194 Å². The summed E-state index contributed by atoms with van der Waals surface area (Å²) >= 11 is 2.29. The van der Waals surface area contributed by atoms with E-state index in [9.17, 15) is 9.59 Å². The number of benzene rings is 2. The van der Waals surface area contributed by atoms with Gasteiger partial charge >= 0.3 is 0 Å². The van der Waals surface area contributed by atoms with Crippen molar-refractivity contribution in [1.29, 1.82) is 0 Å². The van der Waals surface area contributed by atoms with Gasteiger partial charge in [0, 0.05) is 13.1 Å². The molecule has 3 aliphatic rings. The first kappa shape index (κ1) is 20.5. The molecule has 5 rings (SSSR count). The molecule has 0 radical (unpaired) electrons. The molecule has 2 aromatic rings. The molecule has 3 aliphatic heterocycles. The molecule has 3 heterocycles. The van der Waals surface area contributed by atoms with Gasteiger partial charge in [0.05, 0.1) is 23.1 Å². The maximum Gasteiger partial charge on any atom is 0.246 e. The summed E-state index contributed by atoms with van der Waals surface area (Å²) in [6, 6.07) is 16.6. The number of ether oxygens (including phenoxy) is 2. The summed E-state index contributed by atoms with van der Waals surface area (Å²) in [6.07, 6.45) is 3.81. The zero-order chi connectivity index (χ0) is 21.6. The van der Waals surface area contributed by atoms with Crippen LogP contribution >= 0.6 is 22.6 Å². The fraction of sp³-hybridized carbons (Fsp3) is 0.333. The molecule has 0 unspecified atom stereocenters. The smallest absolute Gasteiger partial charge is 0.246 e. The second-order valence-electron chi connectivity index (χ2n) is 8.14. The Bertz CT molecular complexity index is 1030. The Balaban J connectivity index is 1.44. The highest BCUT2D eigenvalue weighted by Gasteiger charge is 2.70. The Hall–Kier alpha value is -2.39. The van der Waals surface area contributed by atoms with Crippen molar-refractivity contribution in [3.63, 3.8) is 0 Å². The summed E-state index contributed by atoms with van der Waals surface area (Å²) in [5.41, 5.74) is 1.05. The third kappa shape index (κ3) is 3.34. The molecular formula is C24H23IN2O4. The van der Waals surface area contributed by atoms with E-state index in [4.69, 9.17) is 9.47 Å². The van der Waals surface area contributed by atoms with Gasteiger partial charge in [-0.15, -0.1) is 0 Å². The highest BCUT2D eigenvalue weighted by Crippen LogP contribution is 2.54. The highest BCUT2D eigenvalue weighted by molar-refractivity contribution is 14.1. The van der Waals surface area contributed by atoms with E-state index in [1.54, 1.807) is 12.0 Å². The lowest BCUT2D eigenvalue weighted by molar-refractivity contribution is -0.139. The van der Waals surface area contributed by atoms with Crippen molar-refractivity contribution < 1.29 is 19.1 Å². The van der Waals surface area contributed by atoms with Gasteiger partial charge in [-0.25, -0.2) is 0 Å². The van der Waals surface area contributed by atoms with E-state index in [0.29, 0.717) is 13.1 Å². The van der Waals surface area contributed by atoms with Crippen molar-refractivity contribution in [3.05, 3.63) is 77.9 Å². The lowest BCUT2D eigenvalue weighted by atomic mass is 9.81. The Morgan fingerprint density at radius 1 is 1.16 bits per heavy atom. The molecule has 160 valence electrons. The summed E-state index contributed by atoms with van der Waals surface area (Å²) in [5.74, 6) is 0.182. The number of carbonyl (C=O) groups excluding carboxylic acids is 2. The van der Waals surface area contributed by atoms with Crippen LogP contribution in [0.1, 0.15) is 11.1 Å². The average molecular weight is 530 g/mol. The fourth-order valence-electron chi connectivity index (χ4n) is 4.88. The van der Waals surface area contributed by atoms with Crippen LogP contribution < -0.4 is 10.1 Å². The summed E-state index contributed by atoms with van der Waals surface area (Å²) in [4.78, 5) is 28.6. The molecule has 2 aromatic carbocycles. The molecule has 31 heavy (non-hydrogen) atoms. The maximum absolute atomic E-state index is 13.5. The standard InChI is InChI=1S/C24H23IN2O4/c1-30-17-9-7-16(8-10-17)14-27-21(22(28)26-13-15-5-3-2-4-6-15)24-12-11-18(31-24)20(25)19(24)23(27)29/h2-12,18-21H,13-14H2,1H3,(H,26,28)/t18-,19-,20-,21+,24-/m1/s1. The van der Waals surface area contributed by atoms with Crippen LogP contribution in [0.25, 0.3) is 0 Å². The second kappa shape index (κ2) is 7.94. The molecule has 5 atom stereocenters. The molecule has 2 fully saturated rings. The molecule has 6 nitrogen and oxygen atoms in total. The SMILES string of the molecule is COc1ccc(CN2C(=O)[C@H]3[C@H](I)[C@H]4C=C[C@]3(O4)[C@@H]2C(=O)NCc2ccccc2)cc1. The van der Waals surface area contributed by atoms with E-state index in [0.717, 1.165) is 16.9 Å². The van der Waals surface area contributed by atoms with Crippen LogP contribution in [-0.4, -0.2) is 45.5 Å². The quantitative estimate of drug-likeness (QED) is 0.355. The normalized spacial score (nSPS) is 30.5. The van der Waals surface area contributed by atoms with Crippen molar-refractivity contribution in [2.45, 2.75) is 34.8 Å². The van der Waals surface area contributed by atoms with E-state index in [1.807, 2.05) is 66.7 Å². The fourth-order valence-corrected chi connectivity index (χ4v) is 6.13. The number of carbonyl (C=O) groups is 2. The number of hydrogen-bond donors (Lipinski definition) is 1. The predicted molar refractivity (Wildman–Crippen MR) is 124 cm³/mol. The number of rotatable bonds is 6. The minimum atomic E-state index is -0.902. The van der Waals surface area contributed by atoms with Gasteiger partial charge in [-0.1, -0.05) is 77.2 Å². The summed E-state index contributed by atoms with van der Waals surface area (Å²) in [7, 11) is 1.62. The molecule has 2 saturated heterocycles. The van der Waals surface area contributed by atoms with E-state index in [1.165, 1.54) is 0 Å². The lowest BCUT2D eigenvalue weighted by Gasteiger charge is -2.32. The third-order valence-corrected chi connectivity index (χ3v) is 7.79. The van der Waals surface area contributed by atoms with Gasteiger partial charge in [0.2, 0.25) is 11.8 Å². The zero-order valence-electron chi connectivity index (χ0n) is 17.0. The van der Waals surface area contributed by atoms with Crippen molar-refractivity contribution in [3.8, 4) is 5.75 Å². The van der Waals surface area contributed by atoms with E-state index in [2.05, 4.69) is 27.9 Å².